The second-order valence-corrected chi connectivity index (χ2v) is 7.00. The highest BCUT2D eigenvalue weighted by Crippen LogP contribution is 2.19. The third-order valence-corrected chi connectivity index (χ3v) is 4.81. The van der Waals surface area contributed by atoms with Gasteiger partial charge in [0.2, 0.25) is 0 Å². The minimum absolute atomic E-state index is 0.178. The molecule has 8 nitrogen and oxygen atoms in total. The molecule has 0 saturated carbocycles. The van der Waals surface area contributed by atoms with Gasteiger partial charge in [-0.25, -0.2) is 9.78 Å². The zero-order chi connectivity index (χ0) is 18.8. The molecular weight excluding hydrogens is 414 g/mol. The number of benzene rings is 1. The highest BCUT2D eigenvalue weighted by molar-refractivity contribution is 9.10. The zero-order valence-corrected chi connectivity index (χ0v) is 15.8. The van der Waals surface area contributed by atoms with Crippen LogP contribution in [-0.4, -0.2) is 62.9 Å². The monoisotopic (exact) mass is 429 g/mol. The summed E-state index contributed by atoms with van der Waals surface area (Å²) in [5, 5.41) is 0. The minimum Gasteiger partial charge on any atom is -0.409 e. The molecule has 1 aromatic carbocycles. The van der Waals surface area contributed by atoms with Crippen molar-refractivity contribution in [1.82, 2.24) is 24.8 Å². The molecule has 0 spiro atoms. The van der Waals surface area contributed by atoms with E-state index in [1.54, 1.807) is 28.1 Å². The maximum atomic E-state index is 12.7. The van der Waals surface area contributed by atoms with Crippen LogP contribution < -0.4 is 4.74 Å². The SMILES string of the molecule is O=C(Oc1cccnc1)N1CCN(C(=O)c2nc3cc(Br)ccc3[nH]2)CC1. The van der Waals surface area contributed by atoms with Crippen LogP contribution in [-0.2, 0) is 0 Å². The number of piperazine rings is 1. The number of carbonyl (C=O) groups is 2. The van der Waals surface area contributed by atoms with Gasteiger partial charge in [-0.2, -0.15) is 0 Å². The van der Waals surface area contributed by atoms with E-state index >= 15 is 0 Å². The summed E-state index contributed by atoms with van der Waals surface area (Å²) < 4.78 is 6.19. The van der Waals surface area contributed by atoms with Crippen molar-refractivity contribution in [3.8, 4) is 5.75 Å². The van der Waals surface area contributed by atoms with Crippen LogP contribution >= 0.6 is 15.9 Å². The Hall–Kier alpha value is -2.94. The number of hydrogen-bond donors (Lipinski definition) is 1. The summed E-state index contributed by atoms with van der Waals surface area (Å²) in [6.07, 6.45) is 2.65. The maximum absolute atomic E-state index is 12.7. The summed E-state index contributed by atoms with van der Waals surface area (Å²) in [6, 6.07) is 8.99. The Labute approximate surface area is 163 Å². The number of hydrogen-bond acceptors (Lipinski definition) is 5. The Balaban J connectivity index is 1.38. The molecule has 0 aliphatic carbocycles. The van der Waals surface area contributed by atoms with Gasteiger partial charge in [-0.3, -0.25) is 9.78 Å². The molecule has 3 heterocycles. The molecule has 138 valence electrons. The zero-order valence-electron chi connectivity index (χ0n) is 14.3. The molecule has 0 bridgehead atoms. The lowest BCUT2D eigenvalue weighted by Gasteiger charge is -2.33. The number of aromatic nitrogens is 3. The lowest BCUT2D eigenvalue weighted by molar-refractivity contribution is 0.0623. The van der Waals surface area contributed by atoms with E-state index in [-0.39, 0.29) is 5.91 Å². The van der Waals surface area contributed by atoms with Crippen molar-refractivity contribution in [2.45, 2.75) is 0 Å². The van der Waals surface area contributed by atoms with Crippen molar-refractivity contribution in [2.75, 3.05) is 26.2 Å². The fourth-order valence-electron chi connectivity index (χ4n) is 2.89. The number of amides is 2. The van der Waals surface area contributed by atoms with Crippen LogP contribution in [0.2, 0.25) is 0 Å². The van der Waals surface area contributed by atoms with Crippen LogP contribution in [0.5, 0.6) is 5.75 Å². The molecule has 4 rings (SSSR count). The highest BCUT2D eigenvalue weighted by atomic mass is 79.9. The van der Waals surface area contributed by atoms with E-state index in [4.69, 9.17) is 4.74 Å². The van der Waals surface area contributed by atoms with Crippen LogP contribution in [0.25, 0.3) is 11.0 Å². The number of ether oxygens (including phenoxy) is 1. The molecule has 3 aromatic rings. The lowest BCUT2D eigenvalue weighted by atomic mass is 10.3. The first kappa shape index (κ1) is 17.5. The van der Waals surface area contributed by atoms with Crippen molar-refractivity contribution in [1.29, 1.82) is 0 Å². The fourth-order valence-corrected chi connectivity index (χ4v) is 3.24. The van der Waals surface area contributed by atoms with Gasteiger partial charge in [0.1, 0.15) is 0 Å². The van der Waals surface area contributed by atoms with E-state index in [2.05, 4.69) is 30.9 Å². The number of H-pyrrole nitrogens is 1. The van der Waals surface area contributed by atoms with Gasteiger partial charge in [-0.1, -0.05) is 15.9 Å². The summed E-state index contributed by atoms with van der Waals surface area (Å²) >= 11 is 3.40. The first-order chi connectivity index (χ1) is 13.1. The van der Waals surface area contributed by atoms with Gasteiger partial charge in [-0.15, -0.1) is 0 Å². The van der Waals surface area contributed by atoms with Crippen molar-refractivity contribution in [3.05, 3.63) is 53.0 Å². The Morgan fingerprint density at radius 1 is 1.11 bits per heavy atom. The van der Waals surface area contributed by atoms with E-state index in [9.17, 15) is 9.59 Å². The number of imidazole rings is 1. The Kier molecular flexibility index (Phi) is 4.76. The Morgan fingerprint density at radius 3 is 2.63 bits per heavy atom. The largest absolute Gasteiger partial charge is 0.415 e. The minimum atomic E-state index is -0.441. The number of nitrogens with one attached hydrogen (secondary N) is 1. The van der Waals surface area contributed by atoms with E-state index < -0.39 is 6.09 Å². The summed E-state index contributed by atoms with van der Waals surface area (Å²) in [5.74, 6) is 0.520. The van der Waals surface area contributed by atoms with Gasteiger partial charge in [0.15, 0.2) is 11.6 Å². The number of nitrogens with zero attached hydrogens (tertiary/aromatic N) is 4. The number of halogens is 1. The number of aromatic amines is 1. The van der Waals surface area contributed by atoms with Crippen LogP contribution in [0.15, 0.2) is 47.2 Å². The molecule has 0 unspecified atom stereocenters. The van der Waals surface area contributed by atoms with Crippen LogP contribution in [0, 0.1) is 0 Å². The highest BCUT2D eigenvalue weighted by Gasteiger charge is 2.27. The molecular formula is C18H16BrN5O3. The molecule has 2 amide bonds. The van der Waals surface area contributed by atoms with E-state index in [1.807, 2.05) is 18.2 Å². The molecule has 1 N–H and O–H groups in total. The molecule has 0 atom stereocenters. The molecule has 1 aliphatic rings. The van der Waals surface area contributed by atoms with Gasteiger partial charge in [0.05, 0.1) is 17.2 Å². The van der Waals surface area contributed by atoms with Crippen LogP contribution in [0.4, 0.5) is 4.79 Å². The van der Waals surface area contributed by atoms with Crippen molar-refractivity contribution >= 4 is 39.0 Å². The second kappa shape index (κ2) is 7.36. The Bertz CT molecular complexity index is 983. The summed E-state index contributed by atoms with van der Waals surface area (Å²) in [7, 11) is 0. The van der Waals surface area contributed by atoms with Crippen LogP contribution in [0.3, 0.4) is 0 Å². The van der Waals surface area contributed by atoms with Crippen molar-refractivity contribution in [2.24, 2.45) is 0 Å². The standard InChI is InChI=1S/C18H16BrN5O3/c19-12-3-4-14-15(10-12)22-16(21-14)17(25)23-6-8-24(9-7-23)18(26)27-13-2-1-5-20-11-13/h1-5,10-11H,6-9H2,(H,21,22). The average molecular weight is 430 g/mol. The smallest absolute Gasteiger partial charge is 0.409 e. The van der Waals surface area contributed by atoms with Crippen molar-refractivity contribution < 1.29 is 14.3 Å². The predicted molar refractivity (Wildman–Crippen MR) is 102 cm³/mol. The molecule has 1 fully saturated rings. The second-order valence-electron chi connectivity index (χ2n) is 6.08. The van der Waals surface area contributed by atoms with E-state index in [0.717, 1.165) is 15.5 Å². The van der Waals surface area contributed by atoms with Crippen LogP contribution in [0.1, 0.15) is 10.6 Å². The van der Waals surface area contributed by atoms with Crippen molar-refractivity contribution in [3.63, 3.8) is 0 Å². The molecule has 27 heavy (non-hydrogen) atoms. The molecule has 2 aromatic heterocycles. The third-order valence-electron chi connectivity index (χ3n) is 4.31. The lowest BCUT2D eigenvalue weighted by Crippen LogP contribution is -2.51. The quantitative estimate of drug-likeness (QED) is 0.675. The first-order valence-corrected chi connectivity index (χ1v) is 9.21. The summed E-state index contributed by atoms with van der Waals surface area (Å²) in [6.45, 7) is 1.64. The number of rotatable bonds is 2. The topological polar surface area (TPSA) is 91.4 Å². The fraction of sp³-hybridized carbons (Fsp3) is 0.222. The van der Waals surface area contributed by atoms with Gasteiger partial charge >= 0.3 is 6.09 Å². The average Bonchev–Trinajstić information content (AvgIpc) is 3.11. The molecule has 1 aliphatic heterocycles. The van der Waals surface area contributed by atoms with Gasteiger partial charge in [0, 0.05) is 36.8 Å². The third kappa shape index (κ3) is 3.77. The van der Waals surface area contributed by atoms with Gasteiger partial charge in [-0.05, 0) is 30.3 Å². The number of carbonyl (C=O) groups excluding carboxylic acids is 2. The first-order valence-electron chi connectivity index (χ1n) is 8.41. The van der Waals surface area contributed by atoms with Gasteiger partial charge in [0.25, 0.3) is 5.91 Å². The molecule has 0 radical (unpaired) electrons. The van der Waals surface area contributed by atoms with E-state index in [1.165, 1.54) is 6.20 Å². The number of fused-ring (bicyclic) bond motifs is 1. The predicted octanol–water partition coefficient (Wildman–Crippen LogP) is 2.68. The molecule has 1 saturated heterocycles. The number of pyridine rings is 1. The summed E-state index contributed by atoms with van der Waals surface area (Å²) in [4.78, 5) is 39.5. The maximum Gasteiger partial charge on any atom is 0.415 e. The van der Waals surface area contributed by atoms with E-state index in [0.29, 0.717) is 37.8 Å². The summed E-state index contributed by atoms with van der Waals surface area (Å²) in [5.41, 5.74) is 1.53. The normalized spacial score (nSPS) is 14.4. The Morgan fingerprint density at radius 2 is 1.89 bits per heavy atom. The van der Waals surface area contributed by atoms with Gasteiger partial charge < -0.3 is 19.5 Å². The molecule has 9 heteroatoms.